The molecular weight excluding hydrogens is 344 g/mol. The third-order valence-corrected chi connectivity index (χ3v) is 4.35. The van der Waals surface area contributed by atoms with Crippen molar-refractivity contribution >= 4 is 27.3 Å². The summed E-state index contributed by atoms with van der Waals surface area (Å²) in [5, 5.41) is 2.47. The highest BCUT2D eigenvalue weighted by Crippen LogP contribution is 2.33. The van der Waals surface area contributed by atoms with Crippen LogP contribution in [0.15, 0.2) is 52.3 Å². The summed E-state index contributed by atoms with van der Waals surface area (Å²) in [7, 11) is 0. The van der Waals surface area contributed by atoms with E-state index >= 15 is 0 Å². The van der Waals surface area contributed by atoms with Gasteiger partial charge in [-0.25, -0.2) is 13.8 Å². The molecule has 3 aromatic rings. The van der Waals surface area contributed by atoms with Gasteiger partial charge in [-0.3, -0.25) is 0 Å². The third-order valence-electron chi connectivity index (χ3n) is 2.76. The van der Waals surface area contributed by atoms with Crippen molar-refractivity contribution < 1.29 is 8.78 Å². The smallest absolute Gasteiger partial charge is 0.126 e. The number of benzene rings is 2. The summed E-state index contributed by atoms with van der Waals surface area (Å²) in [6.45, 7) is 0. The Morgan fingerprint density at radius 2 is 1.70 bits per heavy atom. The van der Waals surface area contributed by atoms with Gasteiger partial charge in [-0.15, -0.1) is 11.3 Å². The van der Waals surface area contributed by atoms with Crippen LogP contribution in [0.2, 0.25) is 0 Å². The Morgan fingerprint density at radius 3 is 2.40 bits per heavy atom. The van der Waals surface area contributed by atoms with Crippen molar-refractivity contribution in [3.8, 4) is 21.8 Å². The minimum atomic E-state index is -0.599. The maximum Gasteiger partial charge on any atom is 0.126 e. The van der Waals surface area contributed by atoms with Crippen LogP contribution in [-0.2, 0) is 0 Å². The van der Waals surface area contributed by atoms with E-state index in [2.05, 4.69) is 20.9 Å². The van der Waals surface area contributed by atoms with Crippen LogP contribution in [0.5, 0.6) is 0 Å². The van der Waals surface area contributed by atoms with E-state index in [1.807, 2.05) is 29.6 Å². The Morgan fingerprint density at radius 1 is 1.00 bits per heavy atom. The van der Waals surface area contributed by atoms with Gasteiger partial charge in [-0.05, 0) is 18.2 Å². The zero-order valence-corrected chi connectivity index (χ0v) is 12.5. The first-order valence-corrected chi connectivity index (χ1v) is 7.47. The molecule has 1 nitrogen and oxygen atoms in total. The topological polar surface area (TPSA) is 12.9 Å². The lowest BCUT2D eigenvalue weighted by Gasteiger charge is -2.00. The molecule has 0 unspecified atom stereocenters. The van der Waals surface area contributed by atoms with Crippen molar-refractivity contribution in [2.24, 2.45) is 0 Å². The molecule has 0 saturated carbocycles. The normalized spacial score (nSPS) is 10.8. The van der Waals surface area contributed by atoms with Crippen LogP contribution in [0.3, 0.4) is 0 Å². The summed E-state index contributed by atoms with van der Waals surface area (Å²) in [4.78, 5) is 4.45. The van der Waals surface area contributed by atoms with Crippen LogP contribution in [0.25, 0.3) is 21.8 Å². The molecule has 0 radical (unpaired) electrons. The van der Waals surface area contributed by atoms with E-state index in [0.29, 0.717) is 10.6 Å². The molecule has 0 saturated heterocycles. The Hall–Kier alpha value is -1.59. The number of thiazole rings is 1. The van der Waals surface area contributed by atoms with Crippen molar-refractivity contribution in [2.45, 2.75) is 0 Å². The summed E-state index contributed by atoms with van der Waals surface area (Å²) in [6.07, 6.45) is 0. The van der Waals surface area contributed by atoms with Gasteiger partial charge in [0, 0.05) is 27.0 Å². The summed E-state index contributed by atoms with van der Waals surface area (Å²) >= 11 is 4.82. The highest BCUT2D eigenvalue weighted by molar-refractivity contribution is 9.10. The maximum absolute atomic E-state index is 13.2. The quantitative estimate of drug-likeness (QED) is 0.592. The lowest BCUT2D eigenvalue weighted by Crippen LogP contribution is -1.84. The number of aromatic nitrogens is 1. The van der Waals surface area contributed by atoms with E-state index in [9.17, 15) is 8.78 Å². The molecule has 0 atom stereocenters. The van der Waals surface area contributed by atoms with Crippen LogP contribution < -0.4 is 0 Å². The second kappa shape index (κ2) is 5.42. The van der Waals surface area contributed by atoms with E-state index in [1.165, 1.54) is 23.5 Å². The second-order valence-electron chi connectivity index (χ2n) is 4.18. The largest absolute Gasteiger partial charge is 0.236 e. The van der Waals surface area contributed by atoms with Crippen molar-refractivity contribution in [2.75, 3.05) is 0 Å². The fourth-order valence-electron chi connectivity index (χ4n) is 1.88. The molecule has 3 rings (SSSR count). The highest BCUT2D eigenvalue weighted by atomic mass is 79.9. The summed E-state index contributed by atoms with van der Waals surface area (Å²) < 4.78 is 27.4. The standard InChI is InChI=1S/C15H8BrF2NS/c16-13-4-2-1-3-12(13)14-8-20-15(19-14)9-5-10(17)7-11(18)6-9/h1-8H. The molecule has 0 N–H and O–H groups in total. The summed E-state index contributed by atoms with van der Waals surface area (Å²) in [5.41, 5.74) is 2.18. The van der Waals surface area contributed by atoms with Gasteiger partial charge in [-0.1, -0.05) is 34.1 Å². The fraction of sp³-hybridized carbons (Fsp3) is 0. The Kier molecular flexibility index (Phi) is 3.63. The summed E-state index contributed by atoms with van der Waals surface area (Å²) in [6, 6.07) is 11.1. The number of hydrogen-bond donors (Lipinski definition) is 0. The Bertz CT molecular complexity index is 750. The van der Waals surface area contributed by atoms with Gasteiger partial charge in [0.2, 0.25) is 0 Å². The maximum atomic E-state index is 13.2. The first-order valence-electron chi connectivity index (χ1n) is 5.80. The van der Waals surface area contributed by atoms with E-state index in [-0.39, 0.29) is 0 Å². The van der Waals surface area contributed by atoms with Gasteiger partial charge in [-0.2, -0.15) is 0 Å². The van der Waals surface area contributed by atoms with Crippen LogP contribution in [0.4, 0.5) is 8.78 Å². The van der Waals surface area contributed by atoms with Gasteiger partial charge in [0.1, 0.15) is 16.6 Å². The molecule has 100 valence electrons. The number of rotatable bonds is 2. The number of nitrogens with zero attached hydrogens (tertiary/aromatic N) is 1. The Labute approximate surface area is 127 Å². The highest BCUT2D eigenvalue weighted by Gasteiger charge is 2.10. The molecule has 0 aliphatic rings. The van der Waals surface area contributed by atoms with Crippen molar-refractivity contribution in [1.82, 2.24) is 4.98 Å². The minimum absolute atomic E-state index is 0.450. The van der Waals surface area contributed by atoms with Gasteiger partial charge in [0.25, 0.3) is 0 Å². The molecule has 20 heavy (non-hydrogen) atoms. The second-order valence-corrected chi connectivity index (χ2v) is 5.89. The first-order chi connectivity index (χ1) is 9.63. The molecule has 0 fully saturated rings. The van der Waals surface area contributed by atoms with Crippen LogP contribution in [-0.4, -0.2) is 4.98 Å². The van der Waals surface area contributed by atoms with Crippen molar-refractivity contribution in [1.29, 1.82) is 0 Å². The SMILES string of the molecule is Fc1cc(F)cc(-c2nc(-c3ccccc3Br)cs2)c1. The molecule has 0 spiro atoms. The summed E-state index contributed by atoms with van der Waals surface area (Å²) in [5.74, 6) is -1.20. The van der Waals surface area contributed by atoms with Crippen LogP contribution >= 0.6 is 27.3 Å². The zero-order valence-electron chi connectivity index (χ0n) is 10.1. The predicted molar refractivity (Wildman–Crippen MR) is 80.6 cm³/mol. The van der Waals surface area contributed by atoms with Gasteiger partial charge < -0.3 is 0 Å². The molecule has 0 aliphatic heterocycles. The van der Waals surface area contributed by atoms with E-state index < -0.39 is 11.6 Å². The van der Waals surface area contributed by atoms with Gasteiger partial charge >= 0.3 is 0 Å². The molecule has 0 aliphatic carbocycles. The molecule has 0 amide bonds. The van der Waals surface area contributed by atoms with E-state index in [4.69, 9.17) is 0 Å². The van der Waals surface area contributed by atoms with Crippen molar-refractivity contribution in [3.05, 3.63) is 64.0 Å². The van der Waals surface area contributed by atoms with Crippen LogP contribution in [0, 0.1) is 11.6 Å². The monoisotopic (exact) mass is 351 g/mol. The number of halogens is 3. The first kappa shape index (κ1) is 13.4. The van der Waals surface area contributed by atoms with E-state index in [1.54, 1.807) is 0 Å². The van der Waals surface area contributed by atoms with E-state index in [0.717, 1.165) is 21.8 Å². The minimum Gasteiger partial charge on any atom is -0.236 e. The average Bonchev–Trinajstić information content (AvgIpc) is 2.87. The predicted octanol–water partition coefficient (Wildman–Crippen LogP) is 5.52. The zero-order chi connectivity index (χ0) is 14.1. The van der Waals surface area contributed by atoms with Gasteiger partial charge in [0.05, 0.1) is 5.69 Å². The molecule has 0 bridgehead atoms. The molecule has 5 heteroatoms. The lowest BCUT2D eigenvalue weighted by atomic mass is 10.2. The average molecular weight is 352 g/mol. The van der Waals surface area contributed by atoms with Gasteiger partial charge in [0.15, 0.2) is 0 Å². The van der Waals surface area contributed by atoms with Crippen LogP contribution in [0.1, 0.15) is 0 Å². The fourth-order valence-corrected chi connectivity index (χ4v) is 3.17. The third kappa shape index (κ3) is 2.64. The van der Waals surface area contributed by atoms with Crippen molar-refractivity contribution in [3.63, 3.8) is 0 Å². The Balaban J connectivity index is 2.04. The molecule has 2 aromatic carbocycles. The molecule has 1 aromatic heterocycles. The molecular formula is C15H8BrF2NS. The lowest BCUT2D eigenvalue weighted by molar-refractivity contribution is 0.584. The molecule has 1 heterocycles. The number of hydrogen-bond acceptors (Lipinski definition) is 2.